The molecule has 1 atom stereocenters. The molecule has 34 heavy (non-hydrogen) atoms. The molecule has 6 rings (SSSR count). The van der Waals surface area contributed by atoms with Gasteiger partial charge in [0.15, 0.2) is 5.82 Å². The van der Waals surface area contributed by atoms with Gasteiger partial charge >= 0.3 is 0 Å². The van der Waals surface area contributed by atoms with E-state index >= 15 is 0 Å². The van der Waals surface area contributed by atoms with Crippen molar-refractivity contribution >= 4 is 40.0 Å². The fourth-order valence-electron chi connectivity index (χ4n) is 4.46. The van der Waals surface area contributed by atoms with Crippen molar-refractivity contribution in [2.75, 3.05) is 10.2 Å². The molecule has 168 valence electrons. The molecular weight excluding hydrogens is 428 g/mol. The highest BCUT2D eigenvalue weighted by molar-refractivity contribution is 6.35. The summed E-state index contributed by atoms with van der Waals surface area (Å²) in [7, 11) is 0. The zero-order valence-electron chi connectivity index (χ0n) is 18.5. The minimum Gasteiger partial charge on any atom is -0.309 e. The number of carbonyl (C=O) groups is 3. The Labute approximate surface area is 195 Å². The lowest BCUT2D eigenvalue weighted by Crippen LogP contribution is -2.29. The Bertz CT molecular complexity index is 1410. The zero-order chi connectivity index (χ0) is 23.4. The van der Waals surface area contributed by atoms with Crippen molar-refractivity contribution in [2.24, 2.45) is 0 Å². The maximum absolute atomic E-state index is 13.1. The van der Waals surface area contributed by atoms with Gasteiger partial charge in [0.25, 0.3) is 11.8 Å². The van der Waals surface area contributed by atoms with Crippen LogP contribution in [0.4, 0.5) is 11.5 Å². The van der Waals surface area contributed by atoms with E-state index in [1.165, 1.54) is 4.90 Å². The molecule has 0 spiro atoms. The van der Waals surface area contributed by atoms with Gasteiger partial charge in [-0.3, -0.25) is 19.5 Å². The molecular formula is C27H22N4O3. The lowest BCUT2D eigenvalue weighted by atomic mass is 10.00. The summed E-state index contributed by atoms with van der Waals surface area (Å²) in [5.41, 5.74) is 3.13. The SMILES string of the molecule is CC(C(=O)Nc1cc(C2CC2)[nH]n1)c1ccc(N2C(=O)c3cc4ccccc4cc3C2=O)cc1. The monoisotopic (exact) mass is 450 g/mol. The van der Waals surface area contributed by atoms with Crippen molar-refractivity contribution in [2.45, 2.75) is 31.6 Å². The molecule has 1 aliphatic carbocycles. The Kier molecular flexibility index (Phi) is 4.58. The summed E-state index contributed by atoms with van der Waals surface area (Å²) in [5.74, 6) is -0.224. The number of nitrogens with one attached hydrogen (secondary N) is 2. The minimum absolute atomic E-state index is 0.172. The Balaban J connectivity index is 1.20. The number of rotatable bonds is 5. The Morgan fingerprint density at radius 3 is 2.18 bits per heavy atom. The summed E-state index contributed by atoms with van der Waals surface area (Å²) in [5, 5.41) is 11.8. The second kappa shape index (κ2) is 7.66. The molecule has 1 saturated carbocycles. The normalized spacial score (nSPS) is 16.1. The smallest absolute Gasteiger partial charge is 0.266 e. The van der Waals surface area contributed by atoms with Gasteiger partial charge in [-0.25, -0.2) is 4.90 Å². The van der Waals surface area contributed by atoms with Crippen LogP contribution in [0.1, 0.15) is 63.6 Å². The molecule has 0 saturated heterocycles. The lowest BCUT2D eigenvalue weighted by Gasteiger charge is -2.16. The third kappa shape index (κ3) is 3.37. The number of carbonyl (C=O) groups excluding carboxylic acids is 3. The van der Waals surface area contributed by atoms with Gasteiger partial charge in [-0.05, 0) is 60.4 Å². The predicted molar refractivity (Wildman–Crippen MR) is 129 cm³/mol. The van der Waals surface area contributed by atoms with Crippen molar-refractivity contribution in [1.29, 1.82) is 0 Å². The number of aromatic amines is 1. The maximum atomic E-state index is 13.1. The van der Waals surface area contributed by atoms with Crippen LogP contribution in [0.3, 0.4) is 0 Å². The van der Waals surface area contributed by atoms with E-state index < -0.39 is 5.92 Å². The minimum atomic E-state index is -0.428. The lowest BCUT2D eigenvalue weighted by molar-refractivity contribution is -0.117. The molecule has 4 aromatic rings. The van der Waals surface area contributed by atoms with E-state index in [4.69, 9.17) is 0 Å². The van der Waals surface area contributed by atoms with Gasteiger partial charge in [0.05, 0.1) is 22.7 Å². The standard InChI is InChI=1S/C27H22N4O3/c1-15(25(32)28-24-14-23(29-30-24)17-6-7-17)16-8-10-20(11-9-16)31-26(33)21-12-18-4-2-3-5-19(18)13-22(21)27(31)34/h2-5,8-15,17H,6-7H2,1H3,(H2,28,29,30,32). The molecule has 0 radical (unpaired) electrons. The number of fused-ring (bicyclic) bond motifs is 2. The van der Waals surface area contributed by atoms with E-state index in [-0.39, 0.29) is 17.7 Å². The van der Waals surface area contributed by atoms with E-state index in [0.29, 0.717) is 28.6 Å². The molecule has 3 amide bonds. The van der Waals surface area contributed by atoms with Crippen LogP contribution in [0, 0.1) is 0 Å². The Morgan fingerprint density at radius 2 is 1.59 bits per heavy atom. The highest BCUT2D eigenvalue weighted by Crippen LogP contribution is 2.39. The van der Waals surface area contributed by atoms with E-state index in [1.54, 1.807) is 36.4 Å². The number of hydrogen-bond acceptors (Lipinski definition) is 4. The van der Waals surface area contributed by atoms with Crippen molar-refractivity contribution < 1.29 is 14.4 Å². The largest absolute Gasteiger partial charge is 0.309 e. The van der Waals surface area contributed by atoms with E-state index in [9.17, 15) is 14.4 Å². The fraction of sp³-hybridized carbons (Fsp3) is 0.185. The first kappa shape index (κ1) is 20.4. The molecule has 7 nitrogen and oxygen atoms in total. The number of nitrogens with zero attached hydrogens (tertiary/aromatic N) is 2. The van der Waals surface area contributed by atoms with Crippen molar-refractivity contribution in [1.82, 2.24) is 10.2 Å². The van der Waals surface area contributed by atoms with Crippen LogP contribution in [0.5, 0.6) is 0 Å². The number of anilines is 2. The highest BCUT2D eigenvalue weighted by Gasteiger charge is 2.37. The molecule has 1 aromatic heterocycles. The van der Waals surface area contributed by atoms with Crippen molar-refractivity contribution in [3.05, 3.63) is 89.1 Å². The van der Waals surface area contributed by atoms with Gasteiger partial charge in [0.2, 0.25) is 5.91 Å². The molecule has 2 aliphatic rings. The molecule has 0 bridgehead atoms. The van der Waals surface area contributed by atoms with Gasteiger partial charge in [0, 0.05) is 17.7 Å². The molecule has 2 N–H and O–H groups in total. The van der Waals surface area contributed by atoms with Gasteiger partial charge in [0.1, 0.15) is 0 Å². The maximum Gasteiger partial charge on any atom is 0.266 e. The Hall–Kier alpha value is -4.26. The van der Waals surface area contributed by atoms with Gasteiger partial charge in [-0.15, -0.1) is 0 Å². The first-order valence-electron chi connectivity index (χ1n) is 11.4. The average molecular weight is 450 g/mol. The van der Waals surface area contributed by atoms with Crippen LogP contribution in [0.15, 0.2) is 66.7 Å². The first-order valence-corrected chi connectivity index (χ1v) is 11.4. The van der Waals surface area contributed by atoms with Crippen LogP contribution in [-0.4, -0.2) is 27.9 Å². The van der Waals surface area contributed by atoms with Crippen molar-refractivity contribution in [3.8, 4) is 0 Å². The van der Waals surface area contributed by atoms with Gasteiger partial charge in [-0.2, -0.15) is 5.10 Å². The number of imide groups is 1. The quantitative estimate of drug-likeness (QED) is 0.419. The molecule has 1 unspecified atom stereocenters. The highest BCUT2D eigenvalue weighted by atomic mass is 16.2. The number of H-pyrrole nitrogens is 1. The molecule has 3 aromatic carbocycles. The average Bonchev–Trinajstić information content (AvgIpc) is 3.56. The predicted octanol–water partition coefficient (Wildman–Crippen LogP) is 4.98. The van der Waals surface area contributed by atoms with Crippen LogP contribution < -0.4 is 10.2 Å². The molecule has 1 fully saturated rings. The third-order valence-electron chi connectivity index (χ3n) is 6.66. The van der Waals surface area contributed by atoms with E-state index in [1.807, 2.05) is 37.3 Å². The van der Waals surface area contributed by atoms with Crippen LogP contribution >= 0.6 is 0 Å². The van der Waals surface area contributed by atoms with E-state index in [0.717, 1.165) is 34.9 Å². The summed E-state index contributed by atoms with van der Waals surface area (Å²) in [4.78, 5) is 40.1. The number of amides is 3. The van der Waals surface area contributed by atoms with Gasteiger partial charge < -0.3 is 5.32 Å². The Morgan fingerprint density at radius 1 is 0.971 bits per heavy atom. The molecule has 1 aliphatic heterocycles. The number of hydrogen-bond donors (Lipinski definition) is 2. The van der Waals surface area contributed by atoms with E-state index in [2.05, 4.69) is 15.5 Å². The zero-order valence-corrected chi connectivity index (χ0v) is 18.5. The van der Waals surface area contributed by atoms with Crippen LogP contribution in [0.2, 0.25) is 0 Å². The summed E-state index contributed by atoms with van der Waals surface area (Å²) in [6.45, 7) is 1.81. The summed E-state index contributed by atoms with van der Waals surface area (Å²) >= 11 is 0. The number of benzene rings is 3. The molecule has 2 heterocycles. The summed E-state index contributed by atoms with van der Waals surface area (Å²) < 4.78 is 0. The van der Waals surface area contributed by atoms with Crippen molar-refractivity contribution in [3.63, 3.8) is 0 Å². The summed E-state index contributed by atoms with van der Waals surface area (Å²) in [6, 6.07) is 20.1. The second-order valence-corrected chi connectivity index (χ2v) is 8.98. The van der Waals surface area contributed by atoms with Gasteiger partial charge in [-0.1, -0.05) is 36.4 Å². The fourth-order valence-corrected chi connectivity index (χ4v) is 4.46. The summed E-state index contributed by atoms with van der Waals surface area (Å²) in [6.07, 6.45) is 2.31. The second-order valence-electron chi connectivity index (χ2n) is 8.98. The van der Waals surface area contributed by atoms with Crippen LogP contribution in [0.25, 0.3) is 10.8 Å². The van der Waals surface area contributed by atoms with Crippen LogP contribution in [-0.2, 0) is 4.79 Å². The molecule has 7 heteroatoms. The number of aromatic nitrogens is 2. The third-order valence-corrected chi connectivity index (χ3v) is 6.66. The topological polar surface area (TPSA) is 95.2 Å². The first-order chi connectivity index (χ1) is 16.5.